The van der Waals surface area contributed by atoms with Gasteiger partial charge in [0.2, 0.25) is 5.91 Å². The summed E-state index contributed by atoms with van der Waals surface area (Å²) in [6.45, 7) is 7.47. The van der Waals surface area contributed by atoms with Gasteiger partial charge in [-0.05, 0) is 47.9 Å². The van der Waals surface area contributed by atoms with Gasteiger partial charge in [-0.15, -0.1) is 0 Å². The maximum Gasteiger partial charge on any atom is 0.490 e. The number of piperidine rings is 1. The van der Waals surface area contributed by atoms with E-state index in [9.17, 15) is 22.4 Å². The van der Waals surface area contributed by atoms with E-state index in [2.05, 4.69) is 30.1 Å². The maximum atomic E-state index is 14.7. The molecule has 0 aromatic heterocycles. The second kappa shape index (κ2) is 13.6. The lowest BCUT2D eigenvalue weighted by atomic mass is 9.69. The molecule has 1 spiro atoms. The summed E-state index contributed by atoms with van der Waals surface area (Å²) >= 11 is 0. The number of carbonyl (C=O) groups excluding carboxylic acids is 1. The molecule has 3 aliphatic heterocycles. The highest BCUT2D eigenvalue weighted by atomic mass is 19.4. The molecule has 2 saturated heterocycles. The van der Waals surface area contributed by atoms with Crippen molar-refractivity contribution >= 4 is 11.9 Å². The number of ether oxygens (including phenoxy) is 2. The molecule has 2 N–H and O–H groups in total. The van der Waals surface area contributed by atoms with Crippen LogP contribution in [0.15, 0.2) is 42.5 Å². The number of benzene rings is 2. The normalized spacial score (nSPS) is 25.2. The first-order valence-corrected chi connectivity index (χ1v) is 14.8. The van der Waals surface area contributed by atoms with Crippen LogP contribution < -0.4 is 10.1 Å². The monoisotopic (exact) mass is 608 g/mol. The predicted octanol–water partition coefficient (Wildman–Crippen LogP) is 5.67. The zero-order chi connectivity index (χ0) is 31.4. The fraction of sp³-hybridized carbons (Fsp3) is 0.562. The number of likely N-dealkylation sites (tertiary alicyclic amines) is 1. The lowest BCUT2D eigenvalue weighted by molar-refractivity contribution is -0.192. The van der Waals surface area contributed by atoms with Crippen molar-refractivity contribution in [1.82, 2.24) is 10.2 Å². The summed E-state index contributed by atoms with van der Waals surface area (Å²) < 4.78 is 58.2. The molecule has 0 unspecified atom stereocenters. The van der Waals surface area contributed by atoms with E-state index < -0.39 is 17.6 Å². The third-order valence-corrected chi connectivity index (χ3v) is 9.36. The summed E-state index contributed by atoms with van der Waals surface area (Å²) in [5.41, 5.74) is 2.63. The number of halogens is 4. The van der Waals surface area contributed by atoms with Gasteiger partial charge in [-0.25, -0.2) is 9.18 Å². The molecule has 0 bridgehead atoms. The van der Waals surface area contributed by atoms with Crippen LogP contribution >= 0.6 is 0 Å². The third-order valence-electron chi connectivity index (χ3n) is 9.36. The fourth-order valence-electron chi connectivity index (χ4n) is 7.14. The number of amides is 1. The molecule has 3 aliphatic rings. The highest BCUT2D eigenvalue weighted by Gasteiger charge is 2.53. The number of aliphatic carboxylic acids is 1. The molecule has 0 aliphatic carbocycles. The summed E-state index contributed by atoms with van der Waals surface area (Å²) in [4.78, 5) is 25.5. The number of methoxy groups -OCH3 is 1. The van der Waals surface area contributed by atoms with Crippen molar-refractivity contribution in [3.8, 4) is 5.75 Å². The Hall–Kier alpha value is -3.18. The smallest absolute Gasteiger partial charge is 0.490 e. The van der Waals surface area contributed by atoms with Crippen LogP contribution in [-0.2, 0) is 26.3 Å². The van der Waals surface area contributed by atoms with Crippen molar-refractivity contribution in [2.45, 2.75) is 69.7 Å². The number of nitrogens with zero attached hydrogens (tertiary/aromatic N) is 1. The Kier molecular flexibility index (Phi) is 10.4. The molecule has 2 fully saturated rings. The number of carboxylic acids is 1. The summed E-state index contributed by atoms with van der Waals surface area (Å²) in [6.07, 6.45) is -1.47. The molecule has 4 atom stereocenters. The van der Waals surface area contributed by atoms with Crippen LogP contribution in [0.4, 0.5) is 17.6 Å². The quantitative estimate of drug-likeness (QED) is 0.412. The lowest BCUT2D eigenvalue weighted by Crippen LogP contribution is -2.56. The molecule has 2 aromatic rings. The zero-order valence-corrected chi connectivity index (χ0v) is 24.8. The molecule has 1 amide bonds. The first-order chi connectivity index (χ1) is 20.5. The first kappa shape index (κ1) is 32.7. The van der Waals surface area contributed by atoms with E-state index in [1.807, 2.05) is 24.3 Å². The van der Waals surface area contributed by atoms with Gasteiger partial charge < -0.3 is 24.8 Å². The second-order valence-electron chi connectivity index (χ2n) is 11.5. The van der Waals surface area contributed by atoms with Crippen LogP contribution in [0.5, 0.6) is 5.75 Å². The number of carboxylic acid groups (broad SMARTS) is 1. The summed E-state index contributed by atoms with van der Waals surface area (Å²) in [6, 6.07) is 13.4. The van der Waals surface area contributed by atoms with Gasteiger partial charge in [-0.2, -0.15) is 13.2 Å². The van der Waals surface area contributed by atoms with E-state index in [-0.39, 0.29) is 29.6 Å². The van der Waals surface area contributed by atoms with Crippen LogP contribution in [0.3, 0.4) is 0 Å². The number of alkyl halides is 3. The number of nitrogens with one attached hydrogen (secondary N) is 1. The maximum absolute atomic E-state index is 14.7. The summed E-state index contributed by atoms with van der Waals surface area (Å²) in [5, 5.41) is 10.7. The Balaban J connectivity index is 0.000000541. The van der Waals surface area contributed by atoms with Crippen LogP contribution in [0.2, 0.25) is 0 Å². The fourth-order valence-corrected chi connectivity index (χ4v) is 7.14. The Labute approximate surface area is 249 Å². The molecule has 3 heterocycles. The Bertz CT molecular complexity index is 1280. The second-order valence-corrected chi connectivity index (χ2v) is 11.5. The first-order valence-electron chi connectivity index (χ1n) is 14.8. The van der Waals surface area contributed by atoms with Gasteiger partial charge in [0.1, 0.15) is 11.6 Å². The van der Waals surface area contributed by atoms with Gasteiger partial charge in [0.05, 0.1) is 26.2 Å². The molecule has 43 heavy (non-hydrogen) atoms. The van der Waals surface area contributed by atoms with Gasteiger partial charge in [0.25, 0.3) is 0 Å². The molecular formula is C32H40F4N2O5. The van der Waals surface area contributed by atoms with Gasteiger partial charge in [0, 0.05) is 36.7 Å². The van der Waals surface area contributed by atoms with Gasteiger partial charge in [-0.3, -0.25) is 4.79 Å². The number of rotatable bonds is 6. The highest BCUT2D eigenvalue weighted by molar-refractivity contribution is 5.82. The minimum Gasteiger partial charge on any atom is -0.496 e. The summed E-state index contributed by atoms with van der Waals surface area (Å²) in [5.74, 6) is -1.52. The van der Waals surface area contributed by atoms with Crippen molar-refractivity contribution in [2.24, 2.45) is 11.8 Å². The molecule has 5 rings (SSSR count). The minimum atomic E-state index is -5.08. The van der Waals surface area contributed by atoms with Crippen LogP contribution in [0, 0.1) is 17.7 Å². The molecule has 0 radical (unpaired) electrons. The van der Waals surface area contributed by atoms with Gasteiger partial charge >= 0.3 is 12.1 Å². The largest absolute Gasteiger partial charge is 0.496 e. The number of hydrogen-bond acceptors (Lipinski definition) is 5. The molecule has 7 nitrogen and oxygen atoms in total. The Morgan fingerprint density at radius 1 is 1.16 bits per heavy atom. The molecule has 2 aromatic carbocycles. The Morgan fingerprint density at radius 2 is 1.86 bits per heavy atom. The average molecular weight is 609 g/mol. The summed E-state index contributed by atoms with van der Waals surface area (Å²) in [7, 11) is 1.69. The van der Waals surface area contributed by atoms with E-state index in [0.29, 0.717) is 38.8 Å². The van der Waals surface area contributed by atoms with Crippen molar-refractivity contribution in [3.05, 3.63) is 65.0 Å². The average Bonchev–Trinajstić information content (AvgIpc) is 3.41. The SMILES string of the molecule is CCC(CC)[C@@H]1C[C@H](c2ccccc2F)CCN1C(=O)[C@@H]1CNC[C@]12COCc1c(OC)cccc12.O=C(O)C(F)(F)F. The van der Waals surface area contributed by atoms with E-state index in [1.165, 1.54) is 5.56 Å². The number of hydrogen-bond donors (Lipinski definition) is 2. The zero-order valence-electron chi connectivity index (χ0n) is 24.8. The van der Waals surface area contributed by atoms with E-state index in [1.54, 1.807) is 19.2 Å². The predicted molar refractivity (Wildman–Crippen MR) is 152 cm³/mol. The number of carbonyl (C=O) groups is 2. The van der Waals surface area contributed by atoms with Crippen LogP contribution in [0.25, 0.3) is 0 Å². The third kappa shape index (κ3) is 6.67. The topological polar surface area (TPSA) is 88.1 Å². The van der Waals surface area contributed by atoms with E-state index in [0.717, 1.165) is 42.6 Å². The van der Waals surface area contributed by atoms with Crippen molar-refractivity contribution in [2.75, 3.05) is 33.4 Å². The van der Waals surface area contributed by atoms with E-state index >= 15 is 0 Å². The molecule has 236 valence electrons. The van der Waals surface area contributed by atoms with Gasteiger partial charge in [0.15, 0.2) is 0 Å². The number of fused-ring (bicyclic) bond motifs is 2. The van der Waals surface area contributed by atoms with E-state index in [4.69, 9.17) is 19.4 Å². The van der Waals surface area contributed by atoms with Crippen LogP contribution in [-0.4, -0.2) is 67.5 Å². The van der Waals surface area contributed by atoms with Gasteiger partial charge in [-0.1, -0.05) is 57.0 Å². The molecule has 0 saturated carbocycles. The highest BCUT2D eigenvalue weighted by Crippen LogP contribution is 2.46. The minimum absolute atomic E-state index is 0.109. The lowest BCUT2D eigenvalue weighted by Gasteiger charge is -2.47. The standard InChI is InChI=1S/C30H39FN2O3.C2HF3O2/c1-4-20(5-2)27-15-21(22-9-6-7-11-26(22)31)13-14-33(27)29(34)25-16-32-18-30(25)19-36-17-23-24(30)10-8-12-28(23)35-3;3-2(4,5)1(6)7/h6-12,20-21,25,27,32H,4-5,13-19H2,1-3H3;(H,6,7)/t21-,25+,27+,30-;/m1./s1. The van der Waals surface area contributed by atoms with Crippen molar-refractivity contribution in [1.29, 1.82) is 0 Å². The van der Waals surface area contributed by atoms with Crippen molar-refractivity contribution < 1.29 is 41.7 Å². The molecular weight excluding hydrogens is 568 g/mol. The van der Waals surface area contributed by atoms with Crippen molar-refractivity contribution in [3.63, 3.8) is 0 Å². The molecule has 11 heteroatoms. The van der Waals surface area contributed by atoms with Crippen LogP contribution in [0.1, 0.15) is 62.1 Å². The Morgan fingerprint density at radius 3 is 2.49 bits per heavy atom.